The van der Waals surface area contributed by atoms with Crippen LogP contribution in [0.1, 0.15) is 31.1 Å². The van der Waals surface area contributed by atoms with E-state index in [1.54, 1.807) is 18.3 Å². The van der Waals surface area contributed by atoms with Crippen molar-refractivity contribution >= 4 is 11.8 Å². The number of nitrogens with one attached hydrogen (secondary N) is 2. The number of amides is 1. The highest BCUT2D eigenvalue weighted by molar-refractivity contribution is 5.68. The van der Waals surface area contributed by atoms with Gasteiger partial charge in [-0.15, -0.1) is 0 Å². The fourth-order valence-electron chi connectivity index (χ4n) is 2.88. The minimum Gasteiger partial charge on any atom is -0.445 e. The molecule has 0 aliphatic rings. The molecular formula is C21H22N4O4. The highest BCUT2D eigenvalue weighted by Crippen LogP contribution is 2.25. The van der Waals surface area contributed by atoms with Crippen LogP contribution in [-0.4, -0.2) is 21.0 Å². The monoisotopic (exact) mass is 394 g/mol. The van der Waals surface area contributed by atoms with E-state index in [4.69, 9.17) is 4.74 Å². The molecule has 2 aromatic carbocycles. The topological polar surface area (TPSA) is 110 Å². The zero-order valence-electron chi connectivity index (χ0n) is 16.2. The van der Waals surface area contributed by atoms with Crippen LogP contribution in [0.3, 0.4) is 0 Å². The van der Waals surface area contributed by atoms with E-state index in [2.05, 4.69) is 15.3 Å². The van der Waals surface area contributed by atoms with Crippen molar-refractivity contribution in [3.63, 3.8) is 0 Å². The SMILES string of the molecule is CC(C)[C@H](NC(=O)OCc1ccccc1)c1cnc(-c2ccc([N+](=O)[O-])cc2)[nH]1. The van der Waals surface area contributed by atoms with E-state index in [9.17, 15) is 14.9 Å². The highest BCUT2D eigenvalue weighted by Gasteiger charge is 2.21. The third kappa shape index (κ3) is 5.19. The average molecular weight is 394 g/mol. The van der Waals surface area contributed by atoms with E-state index in [0.717, 1.165) is 16.8 Å². The molecule has 0 saturated carbocycles. The first-order chi connectivity index (χ1) is 13.9. The first kappa shape index (κ1) is 20.1. The molecule has 0 radical (unpaired) electrons. The average Bonchev–Trinajstić information content (AvgIpc) is 3.21. The van der Waals surface area contributed by atoms with Gasteiger partial charge < -0.3 is 15.0 Å². The Morgan fingerprint density at radius 2 is 1.86 bits per heavy atom. The fourth-order valence-corrected chi connectivity index (χ4v) is 2.88. The van der Waals surface area contributed by atoms with Crippen molar-refractivity contribution in [1.82, 2.24) is 15.3 Å². The van der Waals surface area contributed by atoms with Crippen molar-refractivity contribution in [3.05, 3.63) is 82.2 Å². The Morgan fingerprint density at radius 3 is 2.48 bits per heavy atom. The molecular weight excluding hydrogens is 372 g/mol. The van der Waals surface area contributed by atoms with Crippen molar-refractivity contribution in [3.8, 4) is 11.4 Å². The molecule has 0 aliphatic carbocycles. The van der Waals surface area contributed by atoms with Crippen molar-refractivity contribution < 1.29 is 14.5 Å². The van der Waals surface area contributed by atoms with Crippen LogP contribution >= 0.6 is 0 Å². The lowest BCUT2D eigenvalue weighted by atomic mass is 10.0. The van der Waals surface area contributed by atoms with Crippen molar-refractivity contribution in [2.45, 2.75) is 26.5 Å². The van der Waals surface area contributed by atoms with Crippen molar-refractivity contribution in [2.75, 3.05) is 0 Å². The second-order valence-corrected chi connectivity index (χ2v) is 6.92. The van der Waals surface area contributed by atoms with Crippen LogP contribution in [0.25, 0.3) is 11.4 Å². The molecule has 0 unspecified atom stereocenters. The zero-order chi connectivity index (χ0) is 20.8. The van der Waals surface area contributed by atoms with Gasteiger partial charge in [-0.3, -0.25) is 10.1 Å². The van der Waals surface area contributed by atoms with E-state index in [1.807, 2.05) is 44.2 Å². The number of hydrogen-bond acceptors (Lipinski definition) is 5. The summed E-state index contributed by atoms with van der Waals surface area (Å²) in [6.07, 6.45) is 1.14. The quantitative estimate of drug-likeness (QED) is 0.449. The Morgan fingerprint density at radius 1 is 1.17 bits per heavy atom. The van der Waals surface area contributed by atoms with Crippen LogP contribution in [0.5, 0.6) is 0 Å². The van der Waals surface area contributed by atoms with Gasteiger partial charge in [-0.1, -0.05) is 44.2 Å². The number of alkyl carbamates (subject to hydrolysis) is 1. The Bertz CT molecular complexity index is 968. The fraction of sp³-hybridized carbons (Fsp3) is 0.238. The van der Waals surface area contributed by atoms with E-state index < -0.39 is 11.0 Å². The number of carbonyl (C=O) groups is 1. The van der Waals surface area contributed by atoms with Gasteiger partial charge in [-0.2, -0.15) is 0 Å². The zero-order valence-corrected chi connectivity index (χ0v) is 16.2. The first-order valence-electron chi connectivity index (χ1n) is 9.21. The summed E-state index contributed by atoms with van der Waals surface area (Å²) in [6, 6.07) is 15.2. The summed E-state index contributed by atoms with van der Waals surface area (Å²) in [5.74, 6) is 0.657. The maximum Gasteiger partial charge on any atom is 0.408 e. The number of carbonyl (C=O) groups excluding carboxylic acids is 1. The van der Waals surface area contributed by atoms with Gasteiger partial charge in [-0.05, 0) is 23.6 Å². The number of ether oxygens (including phenoxy) is 1. The molecule has 0 aliphatic heterocycles. The third-order valence-electron chi connectivity index (χ3n) is 4.43. The Labute approximate surface area is 168 Å². The Hall–Kier alpha value is -3.68. The summed E-state index contributed by atoms with van der Waals surface area (Å²) >= 11 is 0. The maximum absolute atomic E-state index is 12.3. The number of nitrogens with zero attached hydrogens (tertiary/aromatic N) is 2. The number of nitro benzene ring substituents is 1. The van der Waals surface area contributed by atoms with Crippen molar-refractivity contribution in [2.24, 2.45) is 5.92 Å². The number of aromatic amines is 1. The normalized spacial score (nSPS) is 11.8. The van der Waals surface area contributed by atoms with Crippen LogP contribution in [0.2, 0.25) is 0 Å². The second kappa shape index (κ2) is 9.01. The molecule has 1 heterocycles. The van der Waals surface area contributed by atoms with Gasteiger partial charge in [0.05, 0.1) is 22.9 Å². The van der Waals surface area contributed by atoms with Gasteiger partial charge in [0.25, 0.3) is 5.69 Å². The number of imidazole rings is 1. The maximum atomic E-state index is 12.3. The van der Waals surface area contributed by atoms with Crippen molar-refractivity contribution in [1.29, 1.82) is 0 Å². The highest BCUT2D eigenvalue weighted by atomic mass is 16.6. The van der Waals surface area contributed by atoms with Gasteiger partial charge >= 0.3 is 6.09 Å². The summed E-state index contributed by atoms with van der Waals surface area (Å²) in [4.78, 5) is 30.1. The first-order valence-corrected chi connectivity index (χ1v) is 9.21. The number of hydrogen-bond donors (Lipinski definition) is 2. The summed E-state index contributed by atoms with van der Waals surface area (Å²) < 4.78 is 5.31. The summed E-state index contributed by atoms with van der Waals surface area (Å²) in [6.45, 7) is 4.15. The minimum absolute atomic E-state index is 0.0171. The second-order valence-electron chi connectivity index (χ2n) is 6.92. The lowest BCUT2D eigenvalue weighted by molar-refractivity contribution is -0.384. The predicted molar refractivity (Wildman–Crippen MR) is 108 cm³/mol. The molecule has 1 atom stereocenters. The largest absolute Gasteiger partial charge is 0.445 e. The molecule has 1 amide bonds. The lowest BCUT2D eigenvalue weighted by Crippen LogP contribution is -2.32. The Kier molecular flexibility index (Phi) is 6.23. The van der Waals surface area contributed by atoms with Gasteiger partial charge in [0.1, 0.15) is 12.4 Å². The lowest BCUT2D eigenvalue weighted by Gasteiger charge is -2.20. The number of aromatic nitrogens is 2. The molecule has 0 spiro atoms. The van der Waals surface area contributed by atoms with E-state index >= 15 is 0 Å². The molecule has 0 saturated heterocycles. The summed E-state index contributed by atoms with van der Waals surface area (Å²) in [5.41, 5.74) is 2.37. The van der Waals surface area contributed by atoms with Gasteiger partial charge in [0, 0.05) is 17.7 Å². The molecule has 2 N–H and O–H groups in total. The van der Waals surface area contributed by atoms with E-state index in [-0.39, 0.29) is 24.3 Å². The van der Waals surface area contributed by atoms with E-state index in [0.29, 0.717) is 5.82 Å². The predicted octanol–water partition coefficient (Wildman–Crippen LogP) is 4.61. The van der Waals surface area contributed by atoms with Gasteiger partial charge in [0.15, 0.2) is 0 Å². The van der Waals surface area contributed by atoms with E-state index in [1.165, 1.54) is 12.1 Å². The molecule has 8 heteroatoms. The van der Waals surface area contributed by atoms with Gasteiger partial charge in [-0.25, -0.2) is 9.78 Å². The molecule has 29 heavy (non-hydrogen) atoms. The minimum atomic E-state index is -0.515. The third-order valence-corrected chi connectivity index (χ3v) is 4.43. The molecule has 0 bridgehead atoms. The van der Waals surface area contributed by atoms with Crippen LogP contribution in [0.4, 0.5) is 10.5 Å². The number of benzene rings is 2. The number of nitro groups is 1. The summed E-state index contributed by atoms with van der Waals surface area (Å²) in [7, 11) is 0. The molecule has 3 rings (SSSR count). The smallest absolute Gasteiger partial charge is 0.408 e. The number of rotatable bonds is 7. The number of H-pyrrole nitrogens is 1. The standard InChI is InChI=1S/C21H22N4O4/c1-14(2)19(24-21(26)29-13-15-6-4-3-5-7-15)18-12-22-20(23-18)16-8-10-17(11-9-16)25(27)28/h3-12,14,19H,13H2,1-2H3,(H,22,23)(H,24,26)/t19-/m0/s1. The van der Waals surface area contributed by atoms with Crippen LogP contribution in [0.15, 0.2) is 60.8 Å². The van der Waals surface area contributed by atoms with Crippen LogP contribution < -0.4 is 5.32 Å². The number of non-ortho nitro benzene ring substituents is 1. The molecule has 8 nitrogen and oxygen atoms in total. The molecule has 150 valence electrons. The van der Waals surface area contributed by atoms with Gasteiger partial charge in [0.2, 0.25) is 0 Å². The summed E-state index contributed by atoms with van der Waals surface area (Å²) in [5, 5.41) is 13.7. The van der Waals surface area contributed by atoms with Crippen LogP contribution in [-0.2, 0) is 11.3 Å². The molecule has 0 fully saturated rings. The Balaban J connectivity index is 1.67. The molecule has 3 aromatic rings. The van der Waals surface area contributed by atoms with Crippen LogP contribution in [0, 0.1) is 16.0 Å². The molecule has 1 aromatic heterocycles.